The number of hydrogen-bond donors (Lipinski definition) is 0. The average Bonchev–Trinajstić information content (AvgIpc) is 3.25. The molecule has 1 atom stereocenters. The van der Waals surface area contributed by atoms with Crippen LogP contribution in [-0.4, -0.2) is 43.9 Å². The molecule has 2 heterocycles. The van der Waals surface area contributed by atoms with Gasteiger partial charge in [0.05, 0.1) is 47.1 Å². The minimum Gasteiger partial charge on any atom is -0.490 e. The summed E-state index contributed by atoms with van der Waals surface area (Å²) in [7, 11) is 2.60. The standard InChI is InChI=1S/C28H27BrN2O7S/c1-5-19-23(27(34)36-4)24(17-10-8-7-9-11-17)31-26(33)21(39-28(31)30-19)14-16-12-18(29)25(20(13-16)37-6-2)38-15-22(32)35-3/h7-14,24H,5-6,15H2,1-4H3/b21-14-/t24-/m1/s1. The van der Waals surface area contributed by atoms with E-state index in [-0.39, 0.29) is 12.2 Å². The second-order valence-corrected chi connectivity index (χ2v) is 10.2. The molecule has 0 N–H and O–H groups in total. The second-order valence-electron chi connectivity index (χ2n) is 8.33. The lowest BCUT2D eigenvalue weighted by Gasteiger charge is -2.25. The predicted molar refractivity (Wildman–Crippen MR) is 150 cm³/mol. The van der Waals surface area contributed by atoms with Crippen molar-refractivity contribution in [3.8, 4) is 11.5 Å². The Kier molecular flexibility index (Phi) is 9.03. The third-order valence-corrected chi connectivity index (χ3v) is 7.53. The van der Waals surface area contributed by atoms with Crippen LogP contribution < -0.4 is 24.4 Å². The maximum absolute atomic E-state index is 13.8. The monoisotopic (exact) mass is 614 g/mol. The Bertz CT molecular complexity index is 1610. The van der Waals surface area contributed by atoms with Gasteiger partial charge in [-0.05, 0) is 58.6 Å². The molecule has 0 amide bonds. The number of benzene rings is 2. The molecule has 0 saturated carbocycles. The molecule has 1 aliphatic heterocycles. The number of aromatic nitrogens is 1. The van der Waals surface area contributed by atoms with Crippen LogP contribution in [0.1, 0.15) is 37.4 Å². The van der Waals surface area contributed by atoms with Crippen molar-refractivity contribution in [2.24, 2.45) is 4.99 Å². The molecule has 0 spiro atoms. The quantitative estimate of drug-likeness (QED) is 0.340. The van der Waals surface area contributed by atoms with Crippen molar-refractivity contribution in [3.05, 3.63) is 89.0 Å². The Balaban J connectivity index is 1.88. The molecule has 0 aliphatic carbocycles. The summed E-state index contributed by atoms with van der Waals surface area (Å²) in [6.07, 6.45) is 2.23. The number of carbonyl (C=O) groups excluding carboxylic acids is 2. The first-order valence-electron chi connectivity index (χ1n) is 12.2. The van der Waals surface area contributed by atoms with Gasteiger partial charge in [-0.15, -0.1) is 0 Å². The van der Waals surface area contributed by atoms with Gasteiger partial charge in [-0.25, -0.2) is 14.6 Å². The lowest BCUT2D eigenvalue weighted by molar-refractivity contribution is -0.143. The largest absolute Gasteiger partial charge is 0.490 e. The highest BCUT2D eigenvalue weighted by molar-refractivity contribution is 9.10. The number of thiazole rings is 1. The zero-order chi connectivity index (χ0) is 28.1. The van der Waals surface area contributed by atoms with Gasteiger partial charge in [-0.3, -0.25) is 9.36 Å². The topological polar surface area (TPSA) is 105 Å². The van der Waals surface area contributed by atoms with Crippen LogP contribution in [0.25, 0.3) is 6.08 Å². The van der Waals surface area contributed by atoms with Crippen molar-refractivity contribution in [3.63, 3.8) is 0 Å². The molecule has 3 aromatic rings. The molecule has 39 heavy (non-hydrogen) atoms. The molecular formula is C28H27BrN2O7S. The number of ether oxygens (including phenoxy) is 4. The zero-order valence-corrected chi connectivity index (χ0v) is 24.3. The number of esters is 2. The molecule has 0 unspecified atom stereocenters. The van der Waals surface area contributed by atoms with Gasteiger partial charge in [-0.1, -0.05) is 48.6 Å². The Labute approximate surface area is 237 Å². The summed E-state index contributed by atoms with van der Waals surface area (Å²) in [5.41, 5.74) is 2.08. The number of hydrogen-bond acceptors (Lipinski definition) is 9. The molecule has 0 fully saturated rings. The predicted octanol–water partition coefficient (Wildman–Crippen LogP) is 3.51. The molecule has 0 saturated heterocycles. The first-order valence-corrected chi connectivity index (χ1v) is 13.8. The van der Waals surface area contributed by atoms with E-state index in [0.29, 0.717) is 55.2 Å². The molecular weight excluding hydrogens is 588 g/mol. The minimum absolute atomic E-state index is 0.283. The molecule has 0 bridgehead atoms. The summed E-state index contributed by atoms with van der Waals surface area (Å²) in [6.45, 7) is 3.82. The normalized spacial score (nSPS) is 14.9. The lowest BCUT2D eigenvalue weighted by Crippen LogP contribution is -2.40. The molecule has 204 valence electrons. The van der Waals surface area contributed by atoms with Gasteiger partial charge in [0.15, 0.2) is 22.9 Å². The fraction of sp³-hybridized carbons (Fsp3) is 0.286. The van der Waals surface area contributed by atoms with E-state index in [9.17, 15) is 14.4 Å². The maximum atomic E-state index is 13.8. The maximum Gasteiger partial charge on any atom is 0.343 e. The van der Waals surface area contributed by atoms with Gasteiger partial charge in [0, 0.05) is 0 Å². The fourth-order valence-electron chi connectivity index (χ4n) is 4.23. The molecule has 0 radical (unpaired) electrons. The van der Waals surface area contributed by atoms with Gasteiger partial charge in [-0.2, -0.15) is 0 Å². The molecule has 1 aromatic heterocycles. The number of allylic oxidation sites excluding steroid dienone is 1. The first-order chi connectivity index (χ1) is 18.8. The van der Waals surface area contributed by atoms with Crippen LogP contribution in [-0.2, 0) is 19.1 Å². The fourth-order valence-corrected chi connectivity index (χ4v) is 5.82. The molecule has 9 nitrogen and oxygen atoms in total. The van der Waals surface area contributed by atoms with E-state index in [1.54, 1.807) is 22.8 Å². The van der Waals surface area contributed by atoms with Gasteiger partial charge < -0.3 is 18.9 Å². The van der Waals surface area contributed by atoms with Crippen molar-refractivity contribution in [1.29, 1.82) is 0 Å². The smallest absolute Gasteiger partial charge is 0.343 e. The molecule has 2 aromatic carbocycles. The number of fused-ring (bicyclic) bond motifs is 1. The Morgan fingerprint density at radius 3 is 2.49 bits per heavy atom. The Hall–Kier alpha value is -3.70. The van der Waals surface area contributed by atoms with Crippen molar-refractivity contribution in [2.75, 3.05) is 27.4 Å². The third-order valence-electron chi connectivity index (χ3n) is 5.96. The first kappa shape index (κ1) is 28.3. The Morgan fingerprint density at radius 1 is 1.10 bits per heavy atom. The van der Waals surface area contributed by atoms with Crippen molar-refractivity contribution in [1.82, 2.24) is 4.57 Å². The van der Waals surface area contributed by atoms with E-state index in [4.69, 9.17) is 14.2 Å². The highest BCUT2D eigenvalue weighted by Crippen LogP contribution is 2.37. The molecule has 11 heteroatoms. The summed E-state index contributed by atoms with van der Waals surface area (Å²) >= 11 is 4.72. The zero-order valence-electron chi connectivity index (χ0n) is 21.9. The number of methoxy groups -OCH3 is 2. The summed E-state index contributed by atoms with van der Waals surface area (Å²) in [6, 6.07) is 12.2. The van der Waals surface area contributed by atoms with Gasteiger partial charge in [0.1, 0.15) is 0 Å². The summed E-state index contributed by atoms with van der Waals surface area (Å²) in [4.78, 5) is 43.5. The van der Waals surface area contributed by atoms with Gasteiger partial charge in [0.25, 0.3) is 5.56 Å². The lowest BCUT2D eigenvalue weighted by atomic mass is 9.95. The number of nitrogens with zero attached hydrogens (tertiary/aromatic N) is 2. The van der Waals surface area contributed by atoms with E-state index < -0.39 is 18.0 Å². The van der Waals surface area contributed by atoms with Crippen molar-refractivity contribution < 1.29 is 28.5 Å². The number of rotatable bonds is 9. The van der Waals surface area contributed by atoms with Crippen molar-refractivity contribution in [2.45, 2.75) is 26.3 Å². The van der Waals surface area contributed by atoms with Crippen LogP contribution in [0.3, 0.4) is 0 Å². The van der Waals surface area contributed by atoms with Crippen LogP contribution in [0, 0.1) is 0 Å². The van der Waals surface area contributed by atoms with E-state index in [1.807, 2.05) is 44.2 Å². The third kappa shape index (κ3) is 5.84. The van der Waals surface area contributed by atoms with E-state index in [0.717, 1.165) is 5.56 Å². The Morgan fingerprint density at radius 2 is 1.85 bits per heavy atom. The minimum atomic E-state index is -0.674. The highest BCUT2D eigenvalue weighted by Gasteiger charge is 2.33. The van der Waals surface area contributed by atoms with Gasteiger partial charge >= 0.3 is 11.9 Å². The van der Waals surface area contributed by atoms with Crippen LogP contribution in [0.5, 0.6) is 11.5 Å². The van der Waals surface area contributed by atoms with Crippen molar-refractivity contribution >= 4 is 45.3 Å². The second kappa shape index (κ2) is 12.4. The average molecular weight is 616 g/mol. The summed E-state index contributed by atoms with van der Waals surface area (Å²) < 4.78 is 23.6. The number of carbonyl (C=O) groups is 2. The summed E-state index contributed by atoms with van der Waals surface area (Å²) in [5, 5.41) is 0. The van der Waals surface area contributed by atoms with Crippen LogP contribution in [0.15, 0.2) is 68.0 Å². The van der Waals surface area contributed by atoms with Crippen LogP contribution in [0.4, 0.5) is 0 Å². The van der Waals surface area contributed by atoms with Gasteiger partial charge in [0.2, 0.25) is 0 Å². The van der Waals surface area contributed by atoms with E-state index in [1.165, 1.54) is 25.6 Å². The van der Waals surface area contributed by atoms with Crippen LogP contribution >= 0.6 is 27.3 Å². The number of halogens is 1. The summed E-state index contributed by atoms with van der Waals surface area (Å²) in [5.74, 6) is -0.301. The SMILES string of the molecule is CCOc1cc(/C=c2\sc3n(c2=O)[C@H](c2ccccc2)C(C(=O)OC)=C(CC)N=3)cc(Br)c1OCC(=O)OC. The van der Waals surface area contributed by atoms with Crippen LogP contribution in [0.2, 0.25) is 0 Å². The highest BCUT2D eigenvalue weighted by atomic mass is 79.9. The molecule has 4 rings (SSSR count). The van der Waals surface area contributed by atoms with E-state index >= 15 is 0 Å². The van der Waals surface area contributed by atoms with E-state index in [2.05, 4.69) is 25.7 Å². The molecule has 1 aliphatic rings.